The average molecular weight is 233 g/mol. The highest BCUT2D eigenvalue weighted by Gasteiger charge is 2.19. The van der Waals surface area contributed by atoms with E-state index in [1.807, 2.05) is 0 Å². The van der Waals surface area contributed by atoms with Crippen LogP contribution in [-0.4, -0.2) is 28.9 Å². The summed E-state index contributed by atoms with van der Waals surface area (Å²) in [6.07, 6.45) is 6.83. The first kappa shape index (κ1) is 11.8. The molecule has 1 atom stereocenters. The molecule has 0 radical (unpaired) electrons. The first-order valence-corrected chi connectivity index (χ1v) is 6.09. The first-order valence-electron chi connectivity index (χ1n) is 6.09. The van der Waals surface area contributed by atoms with Crippen LogP contribution in [0.4, 0.5) is 5.82 Å². The minimum Gasteiger partial charge on any atom is -0.382 e. The monoisotopic (exact) mass is 233 g/mol. The Morgan fingerprint density at radius 1 is 1.35 bits per heavy atom. The van der Waals surface area contributed by atoms with Crippen LogP contribution in [0.25, 0.3) is 0 Å². The van der Waals surface area contributed by atoms with Gasteiger partial charge in [-0.15, -0.1) is 0 Å². The molecule has 0 saturated carbocycles. The molecule has 0 spiro atoms. The molecule has 1 saturated heterocycles. The number of nitrogens with one attached hydrogen (secondary N) is 1. The highest BCUT2D eigenvalue weighted by Crippen LogP contribution is 2.22. The number of nitrogens with two attached hydrogens (primary N) is 1. The molecular weight excluding hydrogens is 214 g/mol. The van der Waals surface area contributed by atoms with Gasteiger partial charge in [0.05, 0.1) is 0 Å². The van der Waals surface area contributed by atoms with Crippen LogP contribution in [-0.2, 0) is 0 Å². The molecule has 5 nitrogen and oxygen atoms in total. The predicted molar refractivity (Wildman–Crippen MR) is 68.3 cm³/mol. The van der Waals surface area contributed by atoms with Crippen LogP contribution in [0.3, 0.4) is 0 Å². The SMILES string of the molecule is CC1CCCN(c2nccnc2C(=N)N)CC1. The summed E-state index contributed by atoms with van der Waals surface area (Å²) in [6, 6.07) is 0. The fourth-order valence-corrected chi connectivity index (χ4v) is 2.23. The Morgan fingerprint density at radius 2 is 2.12 bits per heavy atom. The predicted octanol–water partition coefficient (Wildman–Crippen LogP) is 1.39. The van der Waals surface area contributed by atoms with Gasteiger partial charge in [0.2, 0.25) is 0 Å². The number of hydrogen-bond donors (Lipinski definition) is 2. The molecule has 1 aromatic rings. The fourth-order valence-electron chi connectivity index (χ4n) is 2.23. The molecule has 2 heterocycles. The minimum atomic E-state index is -0.00889. The van der Waals surface area contributed by atoms with Crippen molar-refractivity contribution in [1.82, 2.24) is 9.97 Å². The van der Waals surface area contributed by atoms with Crippen molar-refractivity contribution in [3.8, 4) is 0 Å². The largest absolute Gasteiger partial charge is 0.382 e. The van der Waals surface area contributed by atoms with Crippen molar-refractivity contribution in [2.75, 3.05) is 18.0 Å². The van der Waals surface area contributed by atoms with Gasteiger partial charge in [0.15, 0.2) is 5.82 Å². The molecule has 0 bridgehead atoms. The van der Waals surface area contributed by atoms with Crippen LogP contribution in [0.5, 0.6) is 0 Å². The number of rotatable bonds is 2. The van der Waals surface area contributed by atoms with E-state index in [0.717, 1.165) is 37.7 Å². The van der Waals surface area contributed by atoms with E-state index in [1.54, 1.807) is 12.4 Å². The van der Waals surface area contributed by atoms with E-state index < -0.39 is 0 Å². The van der Waals surface area contributed by atoms with E-state index in [-0.39, 0.29) is 5.84 Å². The van der Waals surface area contributed by atoms with Gasteiger partial charge in [-0.2, -0.15) is 0 Å². The van der Waals surface area contributed by atoms with E-state index in [0.29, 0.717) is 5.69 Å². The Balaban J connectivity index is 2.24. The van der Waals surface area contributed by atoms with E-state index >= 15 is 0 Å². The summed E-state index contributed by atoms with van der Waals surface area (Å²) in [5.41, 5.74) is 6.04. The molecule has 0 amide bonds. The lowest BCUT2D eigenvalue weighted by atomic mass is 10.0. The molecule has 0 aliphatic carbocycles. The molecule has 1 aromatic heterocycles. The van der Waals surface area contributed by atoms with Crippen molar-refractivity contribution >= 4 is 11.7 Å². The van der Waals surface area contributed by atoms with E-state index in [1.165, 1.54) is 6.42 Å². The zero-order chi connectivity index (χ0) is 12.3. The van der Waals surface area contributed by atoms with Crippen molar-refractivity contribution in [3.05, 3.63) is 18.1 Å². The Kier molecular flexibility index (Phi) is 3.56. The molecule has 1 unspecified atom stereocenters. The maximum Gasteiger partial charge on any atom is 0.158 e. The molecule has 92 valence electrons. The Hall–Kier alpha value is -1.65. The highest BCUT2D eigenvalue weighted by atomic mass is 15.2. The van der Waals surface area contributed by atoms with Crippen molar-refractivity contribution in [3.63, 3.8) is 0 Å². The zero-order valence-electron chi connectivity index (χ0n) is 10.2. The van der Waals surface area contributed by atoms with Gasteiger partial charge in [0.1, 0.15) is 11.5 Å². The number of anilines is 1. The van der Waals surface area contributed by atoms with Crippen molar-refractivity contribution < 1.29 is 0 Å². The van der Waals surface area contributed by atoms with E-state index in [4.69, 9.17) is 11.1 Å². The van der Waals surface area contributed by atoms with E-state index in [2.05, 4.69) is 21.8 Å². The van der Waals surface area contributed by atoms with Gasteiger partial charge < -0.3 is 10.6 Å². The second-order valence-electron chi connectivity index (χ2n) is 4.67. The summed E-state index contributed by atoms with van der Waals surface area (Å²) < 4.78 is 0. The smallest absolute Gasteiger partial charge is 0.158 e. The standard InChI is InChI=1S/C12H19N5/c1-9-3-2-7-17(8-4-9)12-10(11(13)14)15-5-6-16-12/h5-6,9H,2-4,7-8H2,1H3,(H3,13,14). The number of amidine groups is 1. The third-order valence-electron chi connectivity index (χ3n) is 3.25. The summed E-state index contributed by atoms with van der Waals surface area (Å²) in [5, 5.41) is 7.54. The lowest BCUT2D eigenvalue weighted by molar-refractivity contribution is 0.521. The van der Waals surface area contributed by atoms with Gasteiger partial charge in [-0.3, -0.25) is 5.41 Å². The second kappa shape index (κ2) is 5.12. The summed E-state index contributed by atoms with van der Waals surface area (Å²) in [4.78, 5) is 10.7. The minimum absolute atomic E-state index is 0.00889. The average Bonchev–Trinajstić information content (AvgIpc) is 2.54. The number of nitrogen functional groups attached to an aromatic ring is 1. The molecule has 2 rings (SSSR count). The lowest BCUT2D eigenvalue weighted by Gasteiger charge is -2.22. The van der Waals surface area contributed by atoms with Crippen LogP contribution in [0.15, 0.2) is 12.4 Å². The summed E-state index contributed by atoms with van der Waals surface area (Å²) in [6.45, 7) is 4.23. The van der Waals surface area contributed by atoms with Crippen molar-refractivity contribution in [2.24, 2.45) is 11.7 Å². The molecule has 1 aliphatic heterocycles. The molecule has 1 aliphatic rings. The Bertz CT molecular complexity index is 404. The fraction of sp³-hybridized carbons (Fsp3) is 0.583. The van der Waals surface area contributed by atoms with Crippen LogP contribution < -0.4 is 10.6 Å². The van der Waals surface area contributed by atoms with Gasteiger partial charge in [-0.1, -0.05) is 6.92 Å². The first-order chi connectivity index (χ1) is 8.18. The van der Waals surface area contributed by atoms with Crippen LogP contribution in [0, 0.1) is 11.3 Å². The third kappa shape index (κ3) is 2.72. The molecular formula is C12H19N5. The van der Waals surface area contributed by atoms with Crippen LogP contribution in [0.1, 0.15) is 31.9 Å². The molecule has 0 aromatic carbocycles. The van der Waals surface area contributed by atoms with Crippen molar-refractivity contribution in [2.45, 2.75) is 26.2 Å². The van der Waals surface area contributed by atoms with Gasteiger partial charge in [0.25, 0.3) is 0 Å². The Labute approximate surface area is 102 Å². The molecule has 5 heteroatoms. The summed E-state index contributed by atoms with van der Waals surface area (Å²) >= 11 is 0. The lowest BCUT2D eigenvalue weighted by Crippen LogP contribution is -2.29. The maximum absolute atomic E-state index is 7.54. The summed E-state index contributed by atoms with van der Waals surface area (Å²) in [7, 11) is 0. The topological polar surface area (TPSA) is 78.9 Å². The summed E-state index contributed by atoms with van der Waals surface area (Å²) in [5.74, 6) is 1.51. The number of nitrogens with zero attached hydrogens (tertiary/aromatic N) is 3. The normalized spacial score (nSPS) is 21.0. The van der Waals surface area contributed by atoms with Gasteiger partial charge in [0, 0.05) is 25.5 Å². The number of hydrogen-bond acceptors (Lipinski definition) is 4. The maximum atomic E-state index is 7.54. The Morgan fingerprint density at radius 3 is 2.88 bits per heavy atom. The zero-order valence-corrected chi connectivity index (χ0v) is 10.2. The van der Waals surface area contributed by atoms with E-state index in [9.17, 15) is 0 Å². The molecule has 1 fully saturated rings. The van der Waals surface area contributed by atoms with Gasteiger partial charge in [-0.05, 0) is 25.2 Å². The van der Waals surface area contributed by atoms with Crippen LogP contribution >= 0.6 is 0 Å². The second-order valence-corrected chi connectivity index (χ2v) is 4.67. The van der Waals surface area contributed by atoms with Gasteiger partial charge in [-0.25, -0.2) is 9.97 Å². The van der Waals surface area contributed by atoms with Crippen LogP contribution in [0.2, 0.25) is 0 Å². The third-order valence-corrected chi connectivity index (χ3v) is 3.25. The molecule has 3 N–H and O–H groups in total. The number of aromatic nitrogens is 2. The van der Waals surface area contributed by atoms with Gasteiger partial charge >= 0.3 is 0 Å². The highest BCUT2D eigenvalue weighted by molar-refractivity contribution is 5.97. The molecule has 17 heavy (non-hydrogen) atoms. The van der Waals surface area contributed by atoms with Crippen molar-refractivity contribution in [1.29, 1.82) is 5.41 Å². The quantitative estimate of drug-likeness (QED) is 0.597.